The maximum atomic E-state index is 5.80. The number of thiocarbonyl (C=S) groups is 1. The second kappa shape index (κ2) is 5.54. The Morgan fingerprint density at radius 2 is 2.00 bits per heavy atom. The fraction of sp³-hybridized carbons (Fsp3) is 0.125. The Labute approximate surface area is 128 Å². The summed E-state index contributed by atoms with van der Waals surface area (Å²) >= 11 is 5.12. The number of benzene rings is 2. The molecule has 0 atom stereocenters. The SMILES string of the molecule is Cn1ccnc1CNc1ccc(C(N)=S)c2ccccc12. The summed E-state index contributed by atoms with van der Waals surface area (Å²) in [7, 11) is 1.98. The zero-order valence-electron chi connectivity index (χ0n) is 11.7. The lowest BCUT2D eigenvalue weighted by Gasteiger charge is -2.12. The summed E-state index contributed by atoms with van der Waals surface area (Å²) in [5.74, 6) is 0.984. The maximum Gasteiger partial charge on any atom is 0.127 e. The predicted molar refractivity (Wildman–Crippen MR) is 90.4 cm³/mol. The Morgan fingerprint density at radius 3 is 2.67 bits per heavy atom. The first kappa shape index (κ1) is 13.6. The van der Waals surface area contributed by atoms with E-state index in [-0.39, 0.29) is 0 Å². The zero-order chi connectivity index (χ0) is 14.8. The topological polar surface area (TPSA) is 55.9 Å². The van der Waals surface area contributed by atoms with Gasteiger partial charge in [-0.3, -0.25) is 0 Å². The number of aromatic nitrogens is 2. The van der Waals surface area contributed by atoms with Crippen molar-refractivity contribution in [3.05, 3.63) is 60.2 Å². The number of anilines is 1. The molecular weight excluding hydrogens is 280 g/mol. The number of hydrogen-bond acceptors (Lipinski definition) is 3. The first-order valence-electron chi connectivity index (χ1n) is 6.68. The lowest BCUT2D eigenvalue weighted by atomic mass is 10.0. The molecule has 0 saturated heterocycles. The second-order valence-corrected chi connectivity index (χ2v) is 5.32. The molecule has 3 N–H and O–H groups in total. The summed E-state index contributed by atoms with van der Waals surface area (Å²) in [6, 6.07) is 12.1. The van der Waals surface area contributed by atoms with Crippen molar-refractivity contribution in [2.75, 3.05) is 5.32 Å². The van der Waals surface area contributed by atoms with Gasteiger partial charge >= 0.3 is 0 Å². The van der Waals surface area contributed by atoms with Crippen LogP contribution in [0.4, 0.5) is 5.69 Å². The van der Waals surface area contributed by atoms with Gasteiger partial charge in [0.1, 0.15) is 10.8 Å². The molecule has 106 valence electrons. The first-order valence-corrected chi connectivity index (χ1v) is 7.09. The lowest BCUT2D eigenvalue weighted by Crippen LogP contribution is -2.11. The molecule has 0 aliphatic rings. The van der Waals surface area contributed by atoms with Gasteiger partial charge in [-0.2, -0.15) is 0 Å². The van der Waals surface area contributed by atoms with Crippen molar-refractivity contribution < 1.29 is 0 Å². The van der Waals surface area contributed by atoms with Gasteiger partial charge < -0.3 is 15.6 Å². The van der Waals surface area contributed by atoms with Crippen LogP contribution in [0.25, 0.3) is 10.8 Å². The average Bonchev–Trinajstić information content (AvgIpc) is 2.89. The highest BCUT2D eigenvalue weighted by Crippen LogP contribution is 2.27. The number of rotatable bonds is 4. The molecule has 4 nitrogen and oxygen atoms in total. The molecule has 0 aliphatic heterocycles. The van der Waals surface area contributed by atoms with Crippen LogP contribution in [0.2, 0.25) is 0 Å². The zero-order valence-corrected chi connectivity index (χ0v) is 12.5. The lowest BCUT2D eigenvalue weighted by molar-refractivity contribution is 0.813. The molecule has 0 amide bonds. The van der Waals surface area contributed by atoms with E-state index in [2.05, 4.69) is 16.4 Å². The Kier molecular flexibility index (Phi) is 3.58. The molecule has 1 heterocycles. The number of aryl methyl sites for hydroxylation is 1. The van der Waals surface area contributed by atoms with Gasteiger partial charge in [0, 0.05) is 36.1 Å². The molecule has 0 spiro atoms. The van der Waals surface area contributed by atoms with Gasteiger partial charge in [0.05, 0.1) is 6.54 Å². The number of nitrogens with zero attached hydrogens (tertiary/aromatic N) is 2. The van der Waals surface area contributed by atoms with Gasteiger partial charge in [0.2, 0.25) is 0 Å². The highest BCUT2D eigenvalue weighted by Gasteiger charge is 2.08. The van der Waals surface area contributed by atoms with Crippen LogP contribution < -0.4 is 11.1 Å². The van der Waals surface area contributed by atoms with Gasteiger partial charge in [-0.15, -0.1) is 0 Å². The van der Waals surface area contributed by atoms with E-state index in [0.717, 1.165) is 27.8 Å². The third-order valence-electron chi connectivity index (χ3n) is 3.55. The first-order chi connectivity index (χ1) is 10.2. The van der Waals surface area contributed by atoms with E-state index >= 15 is 0 Å². The summed E-state index contributed by atoms with van der Waals surface area (Å²) in [6.07, 6.45) is 3.73. The molecule has 1 aromatic heterocycles. The smallest absolute Gasteiger partial charge is 0.127 e. The minimum Gasteiger partial charge on any atom is -0.389 e. The maximum absolute atomic E-state index is 5.80. The summed E-state index contributed by atoms with van der Waals surface area (Å²) in [5.41, 5.74) is 7.75. The fourth-order valence-corrected chi connectivity index (χ4v) is 2.59. The minimum atomic E-state index is 0.418. The van der Waals surface area contributed by atoms with E-state index in [1.165, 1.54) is 0 Å². The van der Waals surface area contributed by atoms with Gasteiger partial charge in [-0.1, -0.05) is 36.5 Å². The van der Waals surface area contributed by atoms with Crippen LogP contribution in [0.15, 0.2) is 48.8 Å². The fourth-order valence-electron chi connectivity index (χ4n) is 2.41. The van der Waals surface area contributed by atoms with Crippen molar-refractivity contribution in [2.24, 2.45) is 12.8 Å². The summed E-state index contributed by atoms with van der Waals surface area (Å²) in [4.78, 5) is 4.73. The van der Waals surface area contributed by atoms with Crippen LogP contribution >= 0.6 is 12.2 Å². The highest BCUT2D eigenvalue weighted by atomic mass is 32.1. The Hall–Kier alpha value is -2.40. The molecule has 3 aromatic rings. The third kappa shape index (κ3) is 2.60. The number of nitrogens with two attached hydrogens (primary N) is 1. The number of imidazole rings is 1. The highest BCUT2D eigenvalue weighted by molar-refractivity contribution is 7.80. The monoisotopic (exact) mass is 296 g/mol. The van der Waals surface area contributed by atoms with E-state index < -0.39 is 0 Å². The molecule has 0 aliphatic carbocycles. The van der Waals surface area contributed by atoms with Gasteiger partial charge in [-0.25, -0.2) is 4.98 Å². The van der Waals surface area contributed by atoms with Crippen LogP contribution in [0.3, 0.4) is 0 Å². The van der Waals surface area contributed by atoms with Crippen LogP contribution in [-0.4, -0.2) is 14.5 Å². The van der Waals surface area contributed by atoms with Crippen molar-refractivity contribution in [2.45, 2.75) is 6.54 Å². The second-order valence-electron chi connectivity index (χ2n) is 4.88. The summed E-state index contributed by atoms with van der Waals surface area (Å²) in [5, 5.41) is 5.60. The number of hydrogen-bond donors (Lipinski definition) is 2. The molecule has 0 saturated carbocycles. The van der Waals surface area contributed by atoms with Crippen molar-refractivity contribution >= 4 is 33.7 Å². The molecule has 3 rings (SSSR count). The molecule has 0 fully saturated rings. The van der Waals surface area contributed by atoms with Crippen LogP contribution in [0.5, 0.6) is 0 Å². The van der Waals surface area contributed by atoms with Crippen LogP contribution in [0.1, 0.15) is 11.4 Å². The normalized spacial score (nSPS) is 10.7. The molecule has 0 radical (unpaired) electrons. The quantitative estimate of drug-likeness (QED) is 0.727. The van der Waals surface area contributed by atoms with E-state index in [9.17, 15) is 0 Å². The number of fused-ring (bicyclic) bond motifs is 1. The molecule has 0 unspecified atom stereocenters. The van der Waals surface area contributed by atoms with Crippen LogP contribution in [-0.2, 0) is 13.6 Å². The van der Waals surface area contributed by atoms with Gasteiger partial charge in [-0.05, 0) is 17.5 Å². The van der Waals surface area contributed by atoms with E-state index in [0.29, 0.717) is 11.5 Å². The van der Waals surface area contributed by atoms with Crippen molar-refractivity contribution in [1.29, 1.82) is 0 Å². The predicted octanol–water partition coefficient (Wildman–Crippen LogP) is 2.82. The average molecular weight is 296 g/mol. The van der Waals surface area contributed by atoms with Crippen molar-refractivity contribution in [3.63, 3.8) is 0 Å². The van der Waals surface area contributed by atoms with Crippen LogP contribution in [0, 0.1) is 0 Å². The van der Waals surface area contributed by atoms with Crippen molar-refractivity contribution in [1.82, 2.24) is 9.55 Å². The molecular formula is C16H16N4S. The third-order valence-corrected chi connectivity index (χ3v) is 3.77. The largest absolute Gasteiger partial charge is 0.389 e. The van der Waals surface area contributed by atoms with E-state index in [4.69, 9.17) is 18.0 Å². The summed E-state index contributed by atoms with van der Waals surface area (Å²) in [6.45, 7) is 0.667. The van der Waals surface area contributed by atoms with E-state index in [1.807, 2.05) is 48.1 Å². The number of nitrogens with one attached hydrogen (secondary N) is 1. The molecule has 2 aromatic carbocycles. The van der Waals surface area contributed by atoms with Gasteiger partial charge in [0.25, 0.3) is 0 Å². The van der Waals surface area contributed by atoms with E-state index in [1.54, 1.807) is 6.20 Å². The Morgan fingerprint density at radius 1 is 1.24 bits per heavy atom. The molecule has 5 heteroatoms. The molecule has 21 heavy (non-hydrogen) atoms. The summed E-state index contributed by atoms with van der Waals surface area (Å²) < 4.78 is 2.00. The minimum absolute atomic E-state index is 0.418. The Bertz CT molecular complexity index is 807. The standard InChI is InChI=1S/C16H16N4S/c1-20-9-8-18-15(20)10-19-14-7-6-13(16(17)21)11-4-2-3-5-12(11)14/h2-9,19H,10H2,1H3,(H2,17,21). The van der Waals surface area contributed by atoms with Gasteiger partial charge in [0.15, 0.2) is 0 Å². The molecule has 0 bridgehead atoms. The van der Waals surface area contributed by atoms with Crippen molar-refractivity contribution in [3.8, 4) is 0 Å². The Balaban J connectivity index is 1.98.